The van der Waals surface area contributed by atoms with E-state index in [2.05, 4.69) is 66.7 Å². The molecule has 0 unspecified atom stereocenters. The fraction of sp³-hybridized carbons (Fsp3) is 0. The maximum atomic E-state index is 14.8. The van der Waals surface area contributed by atoms with Gasteiger partial charge >= 0.3 is 0 Å². The molecule has 0 atom stereocenters. The second-order valence-electron chi connectivity index (χ2n) is 13.9. The number of rotatable bonds is 8. The van der Waals surface area contributed by atoms with Crippen molar-refractivity contribution in [3.05, 3.63) is 206 Å². The fourth-order valence-corrected chi connectivity index (χ4v) is 10.2. The van der Waals surface area contributed by atoms with Crippen LogP contribution in [0, 0.1) is 0 Å². The Hall–Kier alpha value is -7.20. The molecular weight excluding hydrogens is 718 g/mol. The fourth-order valence-electron chi connectivity index (χ4n) is 7.56. The van der Waals surface area contributed by atoms with Crippen molar-refractivity contribution in [2.45, 2.75) is 0 Å². The first-order valence-corrected chi connectivity index (χ1v) is 20.6. The summed E-state index contributed by atoms with van der Waals surface area (Å²) in [7, 11) is -3.03. The van der Waals surface area contributed by atoms with Gasteiger partial charge < -0.3 is 8.98 Å². The lowest BCUT2D eigenvalue weighted by Gasteiger charge is -2.20. The van der Waals surface area contributed by atoms with Gasteiger partial charge in [0.25, 0.3) is 0 Å². The molecule has 2 heterocycles. The van der Waals surface area contributed by atoms with Crippen molar-refractivity contribution >= 4 is 45.0 Å². The average Bonchev–Trinajstić information content (AvgIpc) is 3.69. The van der Waals surface area contributed by atoms with Gasteiger partial charge in [-0.25, -0.2) is 15.0 Å². The number of para-hydroxylation sites is 1. The lowest BCUT2D eigenvalue weighted by atomic mass is 9.99. The summed E-state index contributed by atoms with van der Waals surface area (Å²) >= 11 is 0. The van der Waals surface area contributed by atoms with E-state index < -0.39 is 7.14 Å². The number of hydrogen-bond acceptors (Lipinski definition) is 5. The van der Waals surface area contributed by atoms with Crippen molar-refractivity contribution in [3.8, 4) is 56.4 Å². The van der Waals surface area contributed by atoms with Gasteiger partial charge in [0.15, 0.2) is 24.6 Å². The van der Waals surface area contributed by atoms with Crippen LogP contribution >= 0.6 is 7.14 Å². The number of furan rings is 1. The van der Waals surface area contributed by atoms with Crippen LogP contribution in [0.2, 0.25) is 0 Å². The zero-order chi connectivity index (χ0) is 38.2. The Bertz CT molecular complexity index is 3010. The zero-order valence-electron chi connectivity index (χ0n) is 30.7. The van der Waals surface area contributed by atoms with Gasteiger partial charge in [0.05, 0.1) is 0 Å². The minimum Gasteiger partial charge on any atom is -0.456 e. The second-order valence-corrected chi connectivity index (χ2v) is 16.7. The molecule has 10 rings (SSSR count). The van der Waals surface area contributed by atoms with E-state index in [1.165, 1.54) is 0 Å². The highest BCUT2D eigenvalue weighted by molar-refractivity contribution is 7.85. The Kier molecular flexibility index (Phi) is 8.70. The molecule has 0 aliphatic carbocycles. The molecule has 5 nitrogen and oxygen atoms in total. The molecule has 10 aromatic rings. The Morgan fingerprint density at radius 1 is 0.333 bits per heavy atom. The normalized spacial score (nSPS) is 11.6. The van der Waals surface area contributed by atoms with Crippen LogP contribution in [0.3, 0.4) is 0 Å². The minimum atomic E-state index is -3.03. The second kappa shape index (κ2) is 14.5. The van der Waals surface area contributed by atoms with E-state index in [0.29, 0.717) is 17.5 Å². The minimum absolute atomic E-state index is 0.589. The Labute approximate surface area is 330 Å². The number of hydrogen-bond donors (Lipinski definition) is 0. The summed E-state index contributed by atoms with van der Waals surface area (Å²) in [6.07, 6.45) is 0. The number of benzene rings is 8. The Balaban J connectivity index is 0.956. The smallest absolute Gasteiger partial charge is 0.171 e. The van der Waals surface area contributed by atoms with Gasteiger partial charge in [0.1, 0.15) is 11.2 Å². The van der Waals surface area contributed by atoms with Gasteiger partial charge in [-0.05, 0) is 34.4 Å². The van der Waals surface area contributed by atoms with Crippen LogP contribution in [0.4, 0.5) is 0 Å². The van der Waals surface area contributed by atoms with Gasteiger partial charge in [-0.2, -0.15) is 0 Å². The third-order valence-electron chi connectivity index (χ3n) is 10.5. The monoisotopic (exact) mass is 751 g/mol. The summed E-state index contributed by atoms with van der Waals surface area (Å²) in [5.74, 6) is 1.79. The highest BCUT2D eigenvalue weighted by Crippen LogP contribution is 2.43. The van der Waals surface area contributed by atoms with E-state index in [1.54, 1.807) is 0 Å². The lowest BCUT2D eigenvalue weighted by molar-refractivity contribution is 0.592. The third kappa shape index (κ3) is 6.34. The van der Waals surface area contributed by atoms with E-state index in [0.717, 1.165) is 76.8 Å². The lowest BCUT2D eigenvalue weighted by Crippen LogP contribution is -2.24. The molecule has 0 N–H and O–H groups in total. The molecule has 0 amide bonds. The van der Waals surface area contributed by atoms with Gasteiger partial charge in [0, 0.05) is 43.4 Å². The van der Waals surface area contributed by atoms with Crippen LogP contribution in [0.1, 0.15) is 0 Å². The first-order valence-electron chi connectivity index (χ1n) is 18.9. The first kappa shape index (κ1) is 34.3. The van der Waals surface area contributed by atoms with Crippen molar-refractivity contribution in [1.29, 1.82) is 0 Å². The summed E-state index contributed by atoms with van der Waals surface area (Å²) < 4.78 is 21.0. The molecule has 0 radical (unpaired) electrons. The van der Waals surface area contributed by atoms with Crippen LogP contribution < -0.4 is 15.9 Å². The summed E-state index contributed by atoms with van der Waals surface area (Å²) in [6.45, 7) is 0. The summed E-state index contributed by atoms with van der Waals surface area (Å²) in [6, 6.07) is 68.7. The van der Waals surface area contributed by atoms with Crippen molar-refractivity contribution < 1.29 is 8.98 Å². The molecule has 0 saturated carbocycles. The maximum absolute atomic E-state index is 14.8. The molecular formula is C51H34N3O2P. The topological polar surface area (TPSA) is 68.9 Å². The zero-order valence-corrected chi connectivity index (χ0v) is 31.6. The molecule has 0 aliphatic rings. The SMILES string of the molecule is O=P(c1ccccc1)(c1ccccc1)c1ccc(-c2ccc(-c3ccc(-c4nc(-c5ccccc5)nc(-c5cccc6oc7ccccc7c56)n4)cc3)cc2)cc1. The molecule has 0 bridgehead atoms. The van der Waals surface area contributed by atoms with Crippen LogP contribution in [-0.4, -0.2) is 15.0 Å². The summed E-state index contributed by atoms with van der Waals surface area (Å²) in [5, 5.41) is 4.47. The number of nitrogens with zero attached hydrogens (tertiary/aromatic N) is 3. The van der Waals surface area contributed by atoms with E-state index in [-0.39, 0.29) is 0 Å². The van der Waals surface area contributed by atoms with E-state index in [1.807, 2.05) is 140 Å². The van der Waals surface area contributed by atoms with E-state index >= 15 is 0 Å². The van der Waals surface area contributed by atoms with Crippen LogP contribution in [0.25, 0.3) is 78.4 Å². The summed E-state index contributed by atoms with van der Waals surface area (Å²) in [5.41, 5.74) is 8.65. The predicted molar refractivity (Wildman–Crippen MR) is 234 cm³/mol. The molecule has 270 valence electrons. The number of fused-ring (bicyclic) bond motifs is 3. The quantitative estimate of drug-likeness (QED) is 0.145. The van der Waals surface area contributed by atoms with Crippen LogP contribution in [0.15, 0.2) is 211 Å². The van der Waals surface area contributed by atoms with Gasteiger partial charge in [0.2, 0.25) is 0 Å². The molecule has 0 aliphatic heterocycles. The predicted octanol–water partition coefficient (Wildman–Crippen LogP) is 11.7. The summed E-state index contributed by atoms with van der Waals surface area (Å²) in [4.78, 5) is 15.0. The van der Waals surface area contributed by atoms with Gasteiger partial charge in [-0.1, -0.05) is 194 Å². The first-order chi connectivity index (χ1) is 28.1. The maximum Gasteiger partial charge on any atom is 0.171 e. The molecule has 0 fully saturated rings. The van der Waals surface area contributed by atoms with Crippen LogP contribution in [-0.2, 0) is 4.57 Å². The highest BCUT2D eigenvalue weighted by atomic mass is 31.2. The molecule has 57 heavy (non-hydrogen) atoms. The molecule has 0 spiro atoms. The standard InChI is InChI=1S/C51H34N3O2P/c55-57(41-15-6-2-7-16-41,42-17-8-3-9-18-42)43-33-31-38(32-34-43)36-25-23-35(24-26-36)37-27-29-40(30-28-37)50-52-49(39-13-4-1-5-14-39)53-51(54-50)45-20-12-22-47-48(45)44-19-10-11-21-46(44)56-47/h1-34H. The molecule has 8 aromatic carbocycles. The van der Waals surface area contributed by atoms with Crippen molar-refractivity contribution in [2.75, 3.05) is 0 Å². The Morgan fingerprint density at radius 3 is 1.30 bits per heavy atom. The van der Waals surface area contributed by atoms with Gasteiger partial charge in [-0.3, -0.25) is 0 Å². The average molecular weight is 752 g/mol. The van der Waals surface area contributed by atoms with Gasteiger partial charge in [-0.15, -0.1) is 0 Å². The molecule has 2 aromatic heterocycles. The van der Waals surface area contributed by atoms with Crippen LogP contribution in [0.5, 0.6) is 0 Å². The Morgan fingerprint density at radius 2 is 0.737 bits per heavy atom. The van der Waals surface area contributed by atoms with Crippen molar-refractivity contribution in [1.82, 2.24) is 15.0 Å². The van der Waals surface area contributed by atoms with E-state index in [9.17, 15) is 4.57 Å². The van der Waals surface area contributed by atoms with Crippen molar-refractivity contribution in [3.63, 3.8) is 0 Å². The van der Waals surface area contributed by atoms with E-state index in [4.69, 9.17) is 19.4 Å². The largest absolute Gasteiger partial charge is 0.456 e. The molecule has 0 saturated heterocycles. The highest BCUT2D eigenvalue weighted by Gasteiger charge is 2.29. The number of aromatic nitrogens is 3. The third-order valence-corrected chi connectivity index (χ3v) is 13.6. The van der Waals surface area contributed by atoms with Crippen molar-refractivity contribution in [2.24, 2.45) is 0 Å². The molecule has 6 heteroatoms.